The van der Waals surface area contributed by atoms with Crippen molar-refractivity contribution in [2.24, 2.45) is 5.92 Å². The standard InChI is InChI=1S/C38H41N3O4/c1-4-32-35(38(43)44)24(3)41(39-32)30-9-5-8-29(22-30)31-10-6-7-26-13-16-34(36(26)31)45-33-15-14-28(21-23(33)2)25-17-19-40(20-18-25)37(42)27-11-12-27/h5-10,14-15,21-22,25,27,34H,4,11-13,16-20H2,1-3H3,(H,43,44)/t34-/m0/s1. The summed E-state index contributed by atoms with van der Waals surface area (Å²) in [6, 6.07) is 21.3. The van der Waals surface area contributed by atoms with E-state index in [0.717, 1.165) is 79.7 Å². The van der Waals surface area contributed by atoms with Crippen molar-refractivity contribution in [3.8, 4) is 22.6 Å². The number of aromatic nitrogens is 2. The Morgan fingerprint density at radius 3 is 2.42 bits per heavy atom. The molecule has 2 aliphatic carbocycles. The van der Waals surface area contributed by atoms with Crippen molar-refractivity contribution in [3.05, 3.63) is 99.9 Å². The Labute approximate surface area is 264 Å². The van der Waals surface area contributed by atoms with Crippen molar-refractivity contribution in [3.63, 3.8) is 0 Å². The van der Waals surface area contributed by atoms with E-state index in [1.807, 2.05) is 26.0 Å². The highest BCUT2D eigenvalue weighted by Crippen LogP contribution is 2.43. The molecule has 1 saturated heterocycles. The summed E-state index contributed by atoms with van der Waals surface area (Å²) < 4.78 is 8.53. The number of likely N-dealkylation sites (tertiary alicyclic amines) is 1. The Morgan fingerprint density at radius 1 is 0.956 bits per heavy atom. The zero-order valence-electron chi connectivity index (χ0n) is 26.4. The number of carbonyl (C=O) groups excluding carboxylic acids is 1. The highest BCUT2D eigenvalue weighted by Gasteiger charge is 2.35. The molecule has 1 aliphatic heterocycles. The third-order valence-electron chi connectivity index (χ3n) is 10.0. The fourth-order valence-corrected chi connectivity index (χ4v) is 7.39. The lowest BCUT2D eigenvalue weighted by Gasteiger charge is -2.32. The van der Waals surface area contributed by atoms with Gasteiger partial charge in [-0.1, -0.05) is 49.4 Å². The van der Waals surface area contributed by atoms with Crippen molar-refractivity contribution in [1.29, 1.82) is 0 Å². The molecular formula is C38H41N3O4. The third-order valence-corrected chi connectivity index (χ3v) is 10.0. The normalized spacial score (nSPS) is 18.2. The van der Waals surface area contributed by atoms with Gasteiger partial charge >= 0.3 is 5.97 Å². The zero-order chi connectivity index (χ0) is 31.2. The van der Waals surface area contributed by atoms with Gasteiger partial charge in [0.15, 0.2) is 0 Å². The Bertz CT molecular complexity index is 1780. The van der Waals surface area contributed by atoms with E-state index in [2.05, 4.69) is 65.5 Å². The molecule has 0 radical (unpaired) electrons. The van der Waals surface area contributed by atoms with Crippen LogP contribution >= 0.6 is 0 Å². The minimum atomic E-state index is -0.943. The molecule has 2 fully saturated rings. The van der Waals surface area contributed by atoms with Crippen molar-refractivity contribution >= 4 is 11.9 Å². The molecule has 1 atom stereocenters. The number of aromatic carboxylic acids is 1. The Kier molecular flexibility index (Phi) is 7.72. The van der Waals surface area contributed by atoms with E-state index in [-0.39, 0.29) is 11.7 Å². The van der Waals surface area contributed by atoms with E-state index in [9.17, 15) is 14.7 Å². The lowest BCUT2D eigenvalue weighted by atomic mass is 9.88. The van der Waals surface area contributed by atoms with Crippen LogP contribution in [0.15, 0.2) is 60.7 Å². The minimum absolute atomic E-state index is 0.0576. The zero-order valence-corrected chi connectivity index (χ0v) is 26.4. The molecule has 3 aromatic carbocycles. The minimum Gasteiger partial charge on any atom is -0.485 e. The predicted octanol–water partition coefficient (Wildman–Crippen LogP) is 7.60. The van der Waals surface area contributed by atoms with Crippen LogP contribution in [0.1, 0.15) is 95.0 Å². The molecule has 4 aromatic rings. The number of nitrogens with zero attached hydrogens (tertiary/aromatic N) is 3. The van der Waals surface area contributed by atoms with E-state index in [1.165, 1.54) is 16.7 Å². The first kappa shape index (κ1) is 29.3. The first-order valence-electron chi connectivity index (χ1n) is 16.4. The predicted molar refractivity (Wildman–Crippen MR) is 174 cm³/mol. The average Bonchev–Trinajstić information content (AvgIpc) is 3.74. The second-order valence-corrected chi connectivity index (χ2v) is 13.0. The number of benzene rings is 3. The second kappa shape index (κ2) is 11.8. The first-order valence-corrected chi connectivity index (χ1v) is 16.4. The third kappa shape index (κ3) is 5.54. The number of carboxylic acids is 1. The summed E-state index contributed by atoms with van der Waals surface area (Å²) >= 11 is 0. The summed E-state index contributed by atoms with van der Waals surface area (Å²) in [6.07, 6.45) is 6.55. The van der Waals surface area contributed by atoms with E-state index >= 15 is 0 Å². The number of hydrogen-bond acceptors (Lipinski definition) is 4. The number of carbonyl (C=O) groups is 2. The number of ether oxygens (including phenoxy) is 1. The number of aryl methyl sites for hydroxylation is 3. The molecule has 3 aliphatic rings. The molecule has 232 valence electrons. The van der Waals surface area contributed by atoms with Gasteiger partial charge in [0.25, 0.3) is 0 Å². The van der Waals surface area contributed by atoms with Gasteiger partial charge in [-0.25, -0.2) is 9.48 Å². The molecule has 7 heteroatoms. The van der Waals surface area contributed by atoms with Gasteiger partial charge in [-0.15, -0.1) is 0 Å². The lowest BCUT2D eigenvalue weighted by Crippen LogP contribution is -2.38. The molecule has 7 rings (SSSR count). The van der Waals surface area contributed by atoms with E-state index in [1.54, 1.807) is 4.68 Å². The molecule has 45 heavy (non-hydrogen) atoms. The van der Waals surface area contributed by atoms with Crippen LogP contribution in [0.25, 0.3) is 16.8 Å². The molecule has 0 spiro atoms. The molecule has 1 saturated carbocycles. The van der Waals surface area contributed by atoms with E-state index in [4.69, 9.17) is 4.74 Å². The summed E-state index contributed by atoms with van der Waals surface area (Å²) in [7, 11) is 0. The Hall–Kier alpha value is -4.39. The van der Waals surface area contributed by atoms with Gasteiger partial charge in [0.2, 0.25) is 5.91 Å². The first-order chi connectivity index (χ1) is 21.8. The number of fused-ring (bicyclic) bond motifs is 1. The molecule has 0 unspecified atom stereocenters. The lowest BCUT2D eigenvalue weighted by molar-refractivity contribution is -0.133. The van der Waals surface area contributed by atoms with Crippen LogP contribution in [0.3, 0.4) is 0 Å². The summed E-state index contributed by atoms with van der Waals surface area (Å²) in [5.74, 6) is 1.12. The van der Waals surface area contributed by atoms with Crippen molar-refractivity contribution < 1.29 is 19.4 Å². The SMILES string of the molecule is CCc1nn(-c2cccc(-c3cccc4c3[C@@H](Oc3ccc(C5CCN(C(=O)C6CC6)CC5)cc3C)CC4)c2)c(C)c1C(=O)O. The molecule has 1 N–H and O–H groups in total. The van der Waals surface area contributed by atoms with Gasteiger partial charge in [-0.3, -0.25) is 4.79 Å². The van der Waals surface area contributed by atoms with Crippen LogP contribution in [0, 0.1) is 19.8 Å². The molecule has 0 bridgehead atoms. The van der Waals surface area contributed by atoms with Gasteiger partial charge in [0, 0.05) is 24.6 Å². The van der Waals surface area contributed by atoms with E-state index in [0.29, 0.717) is 35.6 Å². The Balaban J connectivity index is 1.12. The van der Waals surface area contributed by atoms with Gasteiger partial charge in [-0.05, 0) is 111 Å². The van der Waals surface area contributed by atoms with Crippen LogP contribution in [-0.4, -0.2) is 44.8 Å². The molecule has 1 aromatic heterocycles. The second-order valence-electron chi connectivity index (χ2n) is 13.0. The van der Waals surface area contributed by atoms with Crippen molar-refractivity contribution in [1.82, 2.24) is 14.7 Å². The Morgan fingerprint density at radius 2 is 1.73 bits per heavy atom. The maximum absolute atomic E-state index is 12.5. The van der Waals surface area contributed by atoms with Crippen LogP contribution < -0.4 is 4.74 Å². The van der Waals surface area contributed by atoms with Crippen molar-refractivity contribution in [2.45, 2.75) is 77.7 Å². The monoisotopic (exact) mass is 603 g/mol. The molecule has 7 nitrogen and oxygen atoms in total. The maximum atomic E-state index is 12.5. The number of rotatable bonds is 8. The van der Waals surface area contributed by atoms with E-state index < -0.39 is 5.97 Å². The van der Waals surface area contributed by atoms with Crippen LogP contribution in [0.4, 0.5) is 0 Å². The quantitative estimate of drug-likeness (QED) is 0.224. The van der Waals surface area contributed by atoms with Gasteiger partial charge in [-0.2, -0.15) is 5.10 Å². The van der Waals surface area contributed by atoms with Crippen LogP contribution in [0.2, 0.25) is 0 Å². The summed E-state index contributed by atoms with van der Waals surface area (Å²) in [4.78, 5) is 26.5. The van der Waals surface area contributed by atoms with Gasteiger partial charge in [0.05, 0.1) is 17.1 Å². The smallest absolute Gasteiger partial charge is 0.339 e. The molecule has 1 amide bonds. The average molecular weight is 604 g/mol. The maximum Gasteiger partial charge on any atom is 0.339 e. The molecular weight excluding hydrogens is 562 g/mol. The van der Waals surface area contributed by atoms with Gasteiger partial charge in [0.1, 0.15) is 17.4 Å². The van der Waals surface area contributed by atoms with Gasteiger partial charge < -0.3 is 14.7 Å². The van der Waals surface area contributed by atoms with Crippen molar-refractivity contribution in [2.75, 3.05) is 13.1 Å². The summed E-state index contributed by atoms with van der Waals surface area (Å²) in [5.41, 5.74) is 9.57. The highest BCUT2D eigenvalue weighted by atomic mass is 16.5. The number of hydrogen-bond donors (Lipinski definition) is 1. The van der Waals surface area contributed by atoms with Crippen LogP contribution in [0.5, 0.6) is 5.75 Å². The largest absolute Gasteiger partial charge is 0.485 e. The van der Waals surface area contributed by atoms with Crippen LogP contribution in [-0.2, 0) is 17.6 Å². The summed E-state index contributed by atoms with van der Waals surface area (Å²) in [5, 5.41) is 14.5. The fourth-order valence-electron chi connectivity index (χ4n) is 7.39. The highest BCUT2D eigenvalue weighted by molar-refractivity contribution is 5.90. The fraction of sp³-hybridized carbons (Fsp3) is 0.395. The number of amides is 1. The number of carboxylic acid groups (broad SMARTS) is 1. The topological polar surface area (TPSA) is 84.7 Å². The molecule has 2 heterocycles. The number of piperidine rings is 1. The summed E-state index contributed by atoms with van der Waals surface area (Å²) in [6.45, 7) is 7.61.